The third-order valence-corrected chi connectivity index (χ3v) is 3.46. The number of nitrogens with one attached hydrogen (secondary N) is 1. The van der Waals surface area contributed by atoms with Crippen molar-refractivity contribution in [3.8, 4) is 0 Å². The molecule has 20 heavy (non-hydrogen) atoms. The van der Waals surface area contributed by atoms with Gasteiger partial charge in [0.1, 0.15) is 5.69 Å². The van der Waals surface area contributed by atoms with Gasteiger partial charge in [0.05, 0.1) is 0 Å². The summed E-state index contributed by atoms with van der Waals surface area (Å²) in [4.78, 5) is 30.2. The van der Waals surface area contributed by atoms with Crippen LogP contribution in [0.1, 0.15) is 37.7 Å². The van der Waals surface area contributed by atoms with E-state index in [1.807, 2.05) is 6.92 Å². The van der Waals surface area contributed by atoms with Gasteiger partial charge in [-0.2, -0.15) is 0 Å². The fraction of sp³-hybridized carbons (Fsp3) is 0.600. The Bertz CT molecular complexity index is 466. The lowest BCUT2D eigenvalue weighted by Gasteiger charge is -2.23. The van der Waals surface area contributed by atoms with Gasteiger partial charge in [0.25, 0.3) is 5.91 Å². The maximum Gasteiger partial charge on any atom is 0.270 e. The van der Waals surface area contributed by atoms with E-state index in [4.69, 9.17) is 0 Å². The molecule has 1 rings (SSSR count). The molecule has 0 fully saturated rings. The second-order valence-corrected chi connectivity index (χ2v) is 4.69. The molecule has 0 aliphatic rings. The number of aromatic amines is 1. The van der Waals surface area contributed by atoms with Crippen LogP contribution in [-0.4, -0.2) is 53.4 Å². The maximum atomic E-state index is 12.3. The summed E-state index contributed by atoms with van der Waals surface area (Å²) in [6, 6.07) is 4.67. The molecule has 0 spiro atoms. The van der Waals surface area contributed by atoms with Crippen LogP contribution in [0.4, 0.5) is 0 Å². The van der Waals surface area contributed by atoms with Gasteiger partial charge in [-0.25, -0.2) is 0 Å². The number of hydrogen-bond donors (Lipinski definition) is 1. The van der Waals surface area contributed by atoms with Crippen LogP contribution < -0.4 is 5.56 Å². The SMILES string of the molecule is CCN(CC)CCCN(CC)C(=O)c1cccc(=O)[nH]1. The predicted molar refractivity (Wildman–Crippen MR) is 81.0 cm³/mol. The van der Waals surface area contributed by atoms with Crippen LogP contribution in [0.3, 0.4) is 0 Å². The minimum Gasteiger partial charge on any atom is -0.338 e. The molecule has 0 unspecified atom stereocenters. The Morgan fingerprint density at radius 3 is 2.35 bits per heavy atom. The highest BCUT2D eigenvalue weighted by Crippen LogP contribution is 2.02. The van der Waals surface area contributed by atoms with Crippen molar-refractivity contribution in [3.05, 3.63) is 34.2 Å². The molecule has 0 aliphatic carbocycles. The van der Waals surface area contributed by atoms with Crippen LogP contribution in [-0.2, 0) is 0 Å². The smallest absolute Gasteiger partial charge is 0.270 e. The molecule has 5 heteroatoms. The number of rotatable bonds is 8. The Hall–Kier alpha value is -1.62. The third kappa shape index (κ3) is 4.81. The quantitative estimate of drug-likeness (QED) is 0.786. The van der Waals surface area contributed by atoms with E-state index in [9.17, 15) is 9.59 Å². The molecule has 1 heterocycles. The van der Waals surface area contributed by atoms with Crippen LogP contribution in [0.2, 0.25) is 0 Å². The molecular weight excluding hydrogens is 254 g/mol. The topological polar surface area (TPSA) is 56.4 Å². The van der Waals surface area contributed by atoms with Crippen LogP contribution in [0.5, 0.6) is 0 Å². The van der Waals surface area contributed by atoms with E-state index in [0.29, 0.717) is 18.8 Å². The standard InChI is InChI=1S/C15H25N3O2/c1-4-17(5-2)11-8-12-18(6-3)15(20)13-9-7-10-14(19)16-13/h7,9-10H,4-6,8,11-12H2,1-3H3,(H,16,19). The van der Waals surface area contributed by atoms with Gasteiger partial charge in [-0.15, -0.1) is 0 Å². The Labute approximate surface area is 120 Å². The van der Waals surface area contributed by atoms with Gasteiger partial charge in [0.15, 0.2) is 0 Å². The summed E-state index contributed by atoms with van der Waals surface area (Å²) in [7, 11) is 0. The number of pyridine rings is 1. The molecule has 1 aromatic rings. The van der Waals surface area contributed by atoms with Crippen LogP contribution in [0, 0.1) is 0 Å². The van der Waals surface area contributed by atoms with Crippen molar-refractivity contribution in [2.45, 2.75) is 27.2 Å². The van der Waals surface area contributed by atoms with E-state index in [0.717, 1.165) is 26.1 Å². The number of aromatic nitrogens is 1. The van der Waals surface area contributed by atoms with Crippen molar-refractivity contribution in [1.29, 1.82) is 0 Å². The molecular formula is C15H25N3O2. The highest BCUT2D eigenvalue weighted by molar-refractivity contribution is 5.92. The Morgan fingerprint density at radius 1 is 1.10 bits per heavy atom. The number of hydrogen-bond acceptors (Lipinski definition) is 3. The summed E-state index contributed by atoms with van der Waals surface area (Å²) >= 11 is 0. The largest absolute Gasteiger partial charge is 0.338 e. The Morgan fingerprint density at radius 2 is 1.80 bits per heavy atom. The predicted octanol–water partition coefficient (Wildman–Crippen LogP) is 1.57. The third-order valence-electron chi connectivity index (χ3n) is 3.46. The second-order valence-electron chi connectivity index (χ2n) is 4.69. The minimum atomic E-state index is -0.241. The average Bonchev–Trinajstić information content (AvgIpc) is 2.47. The molecule has 0 radical (unpaired) electrons. The van der Waals surface area contributed by atoms with Gasteiger partial charge in [-0.3, -0.25) is 9.59 Å². The molecule has 1 amide bonds. The molecule has 112 valence electrons. The van der Waals surface area contributed by atoms with E-state index in [1.54, 1.807) is 17.0 Å². The monoisotopic (exact) mass is 279 g/mol. The number of carbonyl (C=O) groups is 1. The first kappa shape index (κ1) is 16.4. The minimum absolute atomic E-state index is 0.107. The van der Waals surface area contributed by atoms with E-state index in [2.05, 4.69) is 23.7 Å². The Kier molecular flexibility index (Phi) is 7.01. The number of H-pyrrole nitrogens is 1. The van der Waals surface area contributed by atoms with Crippen molar-refractivity contribution in [2.24, 2.45) is 0 Å². The summed E-state index contributed by atoms with van der Waals surface area (Å²) in [6.07, 6.45) is 0.943. The van der Waals surface area contributed by atoms with Gasteiger partial charge in [-0.05, 0) is 39.0 Å². The summed E-state index contributed by atoms with van der Waals surface area (Å²) in [5.41, 5.74) is 0.122. The first-order valence-electron chi connectivity index (χ1n) is 7.33. The van der Waals surface area contributed by atoms with Crippen LogP contribution in [0.15, 0.2) is 23.0 Å². The zero-order valence-corrected chi connectivity index (χ0v) is 12.7. The highest BCUT2D eigenvalue weighted by Gasteiger charge is 2.14. The summed E-state index contributed by atoms with van der Waals surface area (Å²) in [5.74, 6) is -0.107. The van der Waals surface area contributed by atoms with Crippen molar-refractivity contribution >= 4 is 5.91 Å². The van der Waals surface area contributed by atoms with E-state index >= 15 is 0 Å². The molecule has 1 N–H and O–H groups in total. The molecule has 0 aromatic carbocycles. The fourth-order valence-electron chi connectivity index (χ4n) is 2.17. The second kappa shape index (κ2) is 8.53. The molecule has 0 bridgehead atoms. The Balaban J connectivity index is 2.57. The van der Waals surface area contributed by atoms with Gasteiger partial charge >= 0.3 is 0 Å². The summed E-state index contributed by atoms with van der Waals surface area (Å²) in [6.45, 7) is 10.6. The van der Waals surface area contributed by atoms with Gasteiger partial charge < -0.3 is 14.8 Å². The van der Waals surface area contributed by atoms with Gasteiger partial charge in [0, 0.05) is 19.2 Å². The first-order chi connectivity index (χ1) is 9.62. The lowest BCUT2D eigenvalue weighted by atomic mass is 10.2. The van der Waals surface area contributed by atoms with Crippen LogP contribution in [0.25, 0.3) is 0 Å². The highest BCUT2D eigenvalue weighted by atomic mass is 16.2. The lowest BCUT2D eigenvalue weighted by Crippen LogP contribution is -2.35. The molecule has 0 atom stereocenters. The maximum absolute atomic E-state index is 12.3. The van der Waals surface area contributed by atoms with Crippen molar-refractivity contribution in [1.82, 2.24) is 14.8 Å². The lowest BCUT2D eigenvalue weighted by molar-refractivity contribution is 0.0751. The van der Waals surface area contributed by atoms with Crippen molar-refractivity contribution in [2.75, 3.05) is 32.7 Å². The van der Waals surface area contributed by atoms with Crippen LogP contribution >= 0.6 is 0 Å². The van der Waals surface area contributed by atoms with Crippen molar-refractivity contribution < 1.29 is 4.79 Å². The van der Waals surface area contributed by atoms with E-state index in [-0.39, 0.29) is 11.5 Å². The molecule has 0 aliphatic heterocycles. The van der Waals surface area contributed by atoms with Crippen molar-refractivity contribution in [3.63, 3.8) is 0 Å². The number of amides is 1. The zero-order valence-electron chi connectivity index (χ0n) is 12.7. The zero-order chi connectivity index (χ0) is 15.0. The van der Waals surface area contributed by atoms with Gasteiger partial charge in [-0.1, -0.05) is 19.9 Å². The van der Waals surface area contributed by atoms with Gasteiger partial charge in [0.2, 0.25) is 5.56 Å². The summed E-state index contributed by atoms with van der Waals surface area (Å²) < 4.78 is 0. The normalized spacial score (nSPS) is 10.8. The van der Waals surface area contributed by atoms with E-state index < -0.39 is 0 Å². The summed E-state index contributed by atoms with van der Waals surface area (Å²) in [5, 5.41) is 0. The molecule has 5 nitrogen and oxygen atoms in total. The number of carbonyl (C=O) groups excluding carboxylic acids is 1. The number of nitrogens with zero attached hydrogens (tertiary/aromatic N) is 2. The molecule has 1 aromatic heterocycles. The fourth-order valence-corrected chi connectivity index (χ4v) is 2.17. The average molecular weight is 279 g/mol. The first-order valence-corrected chi connectivity index (χ1v) is 7.33. The van der Waals surface area contributed by atoms with E-state index in [1.165, 1.54) is 6.07 Å². The molecule has 0 saturated heterocycles. The molecule has 0 saturated carbocycles.